The lowest BCUT2D eigenvalue weighted by Crippen LogP contribution is -2.42. The van der Waals surface area contributed by atoms with Crippen LogP contribution in [0.1, 0.15) is 25.0 Å². The Morgan fingerprint density at radius 1 is 0.568 bits per heavy atom. The normalized spacial score (nSPS) is 12.5. The van der Waals surface area contributed by atoms with Crippen molar-refractivity contribution in [2.45, 2.75) is 33.0 Å². The number of rotatable bonds is 9. The highest BCUT2D eigenvalue weighted by molar-refractivity contribution is 7.31. The molecule has 0 saturated carbocycles. The molecule has 44 heavy (non-hydrogen) atoms. The fourth-order valence-corrected chi connectivity index (χ4v) is 7.23. The van der Waals surface area contributed by atoms with Gasteiger partial charge in [0.05, 0.1) is 6.61 Å². The summed E-state index contributed by atoms with van der Waals surface area (Å²) < 4.78 is 19.9. The maximum atomic E-state index is 6.66. The van der Waals surface area contributed by atoms with Crippen molar-refractivity contribution in [1.29, 1.82) is 0 Å². The van der Waals surface area contributed by atoms with Crippen LogP contribution < -0.4 is 4.52 Å². The number of hydrogen-bond donors (Lipinski definition) is 0. The minimum Gasteiger partial charge on any atom is -0.399 e. The lowest BCUT2D eigenvalue weighted by Gasteiger charge is -2.34. The van der Waals surface area contributed by atoms with Crippen molar-refractivity contribution in [3.05, 3.63) is 145 Å². The Bertz CT molecular complexity index is 1930. The van der Waals surface area contributed by atoms with Gasteiger partial charge in [0.2, 0.25) is 0 Å². The molecule has 220 valence electrons. The lowest BCUT2D eigenvalue weighted by atomic mass is 9.99. The summed E-state index contributed by atoms with van der Waals surface area (Å²) in [5, 5.41) is 6.72. The first-order valence-corrected chi connectivity index (χ1v) is 16.4. The third-order valence-electron chi connectivity index (χ3n) is 8.42. The van der Waals surface area contributed by atoms with Crippen molar-refractivity contribution >= 4 is 51.7 Å². The Labute approximate surface area is 259 Å². The number of nitrogens with zero attached hydrogens (tertiary/aromatic N) is 1. The fourth-order valence-electron chi connectivity index (χ4n) is 6.19. The average Bonchev–Trinajstić information content (AvgIpc) is 3.22. The number of benzene rings is 6. The highest BCUT2D eigenvalue weighted by Gasteiger charge is 2.24. The van der Waals surface area contributed by atoms with Crippen LogP contribution in [0.3, 0.4) is 0 Å². The summed E-state index contributed by atoms with van der Waals surface area (Å²) >= 11 is 0. The van der Waals surface area contributed by atoms with Gasteiger partial charge in [0.1, 0.15) is 11.2 Å². The first-order chi connectivity index (χ1) is 21.6. The van der Waals surface area contributed by atoms with E-state index in [1.807, 2.05) is 0 Å². The minimum absolute atomic E-state index is 0.139. The van der Waals surface area contributed by atoms with Gasteiger partial charge in [-0.25, -0.2) is 0 Å². The molecule has 1 aromatic heterocycles. The van der Waals surface area contributed by atoms with E-state index in [1.165, 1.54) is 21.9 Å². The zero-order valence-electron chi connectivity index (χ0n) is 25.1. The molecular weight excluding hydrogens is 561 g/mol. The van der Waals surface area contributed by atoms with Gasteiger partial charge in [0.25, 0.3) is 0 Å². The van der Waals surface area contributed by atoms with E-state index in [4.69, 9.17) is 12.9 Å². The fraction of sp³-hybridized carbons (Fsp3) is 0.179. The van der Waals surface area contributed by atoms with E-state index in [9.17, 15) is 0 Å². The smallest absolute Gasteiger partial charge is 0.387 e. The summed E-state index contributed by atoms with van der Waals surface area (Å²) in [7, 11) is -1.71. The first kappa shape index (κ1) is 28.4. The van der Waals surface area contributed by atoms with Crippen LogP contribution in [0.25, 0.3) is 43.5 Å². The zero-order chi connectivity index (χ0) is 29.9. The Balaban J connectivity index is 1.32. The summed E-state index contributed by atoms with van der Waals surface area (Å²) in [6.45, 7) is 6.66. The molecule has 0 amide bonds. The predicted molar refractivity (Wildman–Crippen MR) is 184 cm³/mol. The van der Waals surface area contributed by atoms with E-state index < -0.39 is 8.24 Å². The highest BCUT2D eigenvalue weighted by Crippen LogP contribution is 2.40. The molecule has 0 N–H and O–H groups in total. The second-order valence-corrected chi connectivity index (χ2v) is 12.8. The molecule has 0 radical (unpaired) electrons. The van der Waals surface area contributed by atoms with Crippen molar-refractivity contribution in [3.8, 4) is 0 Å². The summed E-state index contributed by atoms with van der Waals surface area (Å²) in [6, 6.07) is 46.8. The molecule has 4 nitrogen and oxygen atoms in total. The largest absolute Gasteiger partial charge is 0.399 e. The standard InChI is InChI=1S/C39H36NO3P/c1-28(2)35(40(25-29-13-5-3-6-14-29)26-30-15-7-4-8-16-30)27-41-44-42-36-23-21-31-17-9-11-19-33(31)38(36)39-34-20-12-10-18-32(34)22-24-37(39)43-44/h3-24,28,35H,25-27H2,1-2H3/t35-/m0/s1. The summed E-state index contributed by atoms with van der Waals surface area (Å²) in [6.07, 6.45) is 0. The Morgan fingerprint density at radius 2 is 1.02 bits per heavy atom. The molecule has 0 fully saturated rings. The predicted octanol–water partition coefficient (Wildman–Crippen LogP) is 10.8. The van der Waals surface area contributed by atoms with E-state index in [1.54, 1.807) is 0 Å². The monoisotopic (exact) mass is 597 g/mol. The molecule has 7 aromatic rings. The second kappa shape index (κ2) is 12.7. The van der Waals surface area contributed by atoms with Crippen LogP contribution in [0.2, 0.25) is 0 Å². The van der Waals surface area contributed by atoms with Gasteiger partial charge in [-0.15, -0.1) is 0 Å². The van der Waals surface area contributed by atoms with Crippen LogP contribution in [0.15, 0.2) is 142 Å². The third kappa shape index (κ3) is 5.89. The molecule has 1 atom stereocenters. The van der Waals surface area contributed by atoms with Gasteiger partial charge in [-0.2, -0.15) is 0 Å². The van der Waals surface area contributed by atoms with E-state index in [0.29, 0.717) is 12.5 Å². The van der Waals surface area contributed by atoms with Crippen molar-refractivity contribution in [2.75, 3.05) is 6.61 Å². The van der Waals surface area contributed by atoms with E-state index in [2.05, 4.69) is 152 Å². The molecule has 0 saturated heterocycles. The Hall–Kier alpha value is -4.34. The SMILES string of the molecule is CC(C)[C@H](COp1oc2ccc3ccccc3c2c2c(ccc3ccccc32)o1)N(Cc1ccccc1)Cc1ccccc1. The summed E-state index contributed by atoms with van der Waals surface area (Å²) in [5.74, 6) is 0.344. The third-order valence-corrected chi connectivity index (χ3v) is 9.48. The molecule has 0 spiro atoms. The van der Waals surface area contributed by atoms with Crippen LogP contribution in [-0.2, 0) is 13.1 Å². The first-order valence-electron chi connectivity index (χ1n) is 15.3. The molecule has 0 bridgehead atoms. The minimum atomic E-state index is -1.71. The summed E-state index contributed by atoms with van der Waals surface area (Å²) in [4.78, 5) is 2.52. The van der Waals surface area contributed by atoms with Crippen LogP contribution >= 0.6 is 8.24 Å². The molecule has 0 aliphatic rings. The van der Waals surface area contributed by atoms with E-state index in [-0.39, 0.29) is 6.04 Å². The van der Waals surface area contributed by atoms with Gasteiger partial charge < -0.3 is 8.39 Å². The molecular formula is C39H36NO3P. The average molecular weight is 598 g/mol. The Morgan fingerprint density at radius 3 is 1.50 bits per heavy atom. The van der Waals surface area contributed by atoms with Crippen LogP contribution in [0.5, 0.6) is 0 Å². The second-order valence-electron chi connectivity index (χ2n) is 11.7. The van der Waals surface area contributed by atoms with Crippen LogP contribution in [0, 0.1) is 5.92 Å². The Kier molecular flexibility index (Phi) is 8.22. The van der Waals surface area contributed by atoms with Gasteiger partial charge >= 0.3 is 8.24 Å². The van der Waals surface area contributed by atoms with Crippen molar-refractivity contribution in [3.63, 3.8) is 0 Å². The molecule has 5 heteroatoms. The van der Waals surface area contributed by atoms with E-state index >= 15 is 0 Å². The van der Waals surface area contributed by atoms with Crippen LogP contribution in [0.4, 0.5) is 0 Å². The van der Waals surface area contributed by atoms with Gasteiger partial charge in [0.15, 0.2) is 0 Å². The van der Waals surface area contributed by atoms with Gasteiger partial charge in [0, 0.05) is 29.9 Å². The molecule has 6 aromatic carbocycles. The maximum Gasteiger partial charge on any atom is 0.387 e. The van der Waals surface area contributed by atoms with Crippen molar-refractivity contribution in [2.24, 2.45) is 5.92 Å². The molecule has 0 aliphatic carbocycles. The number of hydrogen-bond acceptors (Lipinski definition) is 4. The van der Waals surface area contributed by atoms with Crippen LogP contribution in [-0.4, -0.2) is 17.5 Å². The maximum absolute atomic E-state index is 6.66. The summed E-state index contributed by atoms with van der Waals surface area (Å²) in [5.41, 5.74) is 4.14. The molecule has 0 unspecified atom stereocenters. The lowest BCUT2D eigenvalue weighted by molar-refractivity contribution is 0.101. The van der Waals surface area contributed by atoms with Gasteiger partial charge in [-0.05, 0) is 50.7 Å². The number of fused-ring (bicyclic) bond motifs is 7. The van der Waals surface area contributed by atoms with Crippen molar-refractivity contribution in [1.82, 2.24) is 4.90 Å². The van der Waals surface area contributed by atoms with E-state index in [0.717, 1.165) is 45.8 Å². The molecule has 7 rings (SSSR count). The highest BCUT2D eigenvalue weighted by atomic mass is 31.1. The molecule has 0 aliphatic heterocycles. The van der Waals surface area contributed by atoms with Crippen molar-refractivity contribution < 1.29 is 12.9 Å². The molecule has 1 heterocycles. The topological polar surface area (TPSA) is 38.8 Å². The van der Waals surface area contributed by atoms with Gasteiger partial charge in [-0.1, -0.05) is 135 Å². The zero-order valence-corrected chi connectivity index (χ0v) is 26.0. The van der Waals surface area contributed by atoms with Gasteiger partial charge in [-0.3, -0.25) is 9.42 Å². The quantitative estimate of drug-likeness (QED) is 0.166.